The summed E-state index contributed by atoms with van der Waals surface area (Å²) >= 11 is 0. The van der Waals surface area contributed by atoms with E-state index < -0.39 is 14.9 Å². The van der Waals surface area contributed by atoms with Crippen LogP contribution in [0.25, 0.3) is 0 Å². The van der Waals surface area contributed by atoms with Gasteiger partial charge in [-0.1, -0.05) is 13.3 Å². The zero-order valence-electron chi connectivity index (χ0n) is 16.2. The lowest BCUT2D eigenvalue weighted by Crippen LogP contribution is -2.55. The molecule has 1 heterocycles. The van der Waals surface area contributed by atoms with Crippen LogP contribution in [0, 0.1) is 10.1 Å². The molecule has 9 nitrogen and oxygen atoms in total. The Kier molecular flexibility index (Phi) is 7.90. The number of non-ortho nitro benzene ring substituents is 1. The Bertz CT molecular complexity index is 781. The number of sulfonamides is 1. The summed E-state index contributed by atoms with van der Waals surface area (Å²) < 4.78 is 32.3. The van der Waals surface area contributed by atoms with Gasteiger partial charge >= 0.3 is 5.97 Å². The molecule has 1 aromatic rings. The highest BCUT2D eigenvalue weighted by molar-refractivity contribution is 7.89. The smallest absolute Gasteiger partial charge is 0.307 e. The Labute approximate surface area is 165 Å². The maximum absolute atomic E-state index is 13.0. The molecule has 1 atom stereocenters. The van der Waals surface area contributed by atoms with Crippen molar-refractivity contribution in [2.75, 3.05) is 32.8 Å². The number of nitrogens with zero attached hydrogens (tertiary/aromatic N) is 3. The van der Waals surface area contributed by atoms with Gasteiger partial charge in [0.2, 0.25) is 10.0 Å². The number of hydrogen-bond donors (Lipinski definition) is 0. The largest absolute Gasteiger partial charge is 0.466 e. The third-order valence-electron chi connectivity index (χ3n) is 4.76. The maximum Gasteiger partial charge on any atom is 0.307 e. The minimum absolute atomic E-state index is 0.00925. The first-order chi connectivity index (χ1) is 13.3. The highest BCUT2D eigenvalue weighted by Crippen LogP contribution is 2.24. The number of unbranched alkanes of at least 4 members (excludes halogenated alkanes) is 1. The van der Waals surface area contributed by atoms with Gasteiger partial charge in [-0.15, -0.1) is 0 Å². The number of carbonyl (C=O) groups is 1. The number of esters is 1. The molecule has 1 fully saturated rings. The van der Waals surface area contributed by atoms with E-state index in [1.165, 1.54) is 28.6 Å². The fraction of sp³-hybridized carbons (Fsp3) is 0.611. The van der Waals surface area contributed by atoms with Crippen LogP contribution in [0.2, 0.25) is 0 Å². The van der Waals surface area contributed by atoms with E-state index in [1.54, 1.807) is 6.92 Å². The summed E-state index contributed by atoms with van der Waals surface area (Å²) in [4.78, 5) is 24.3. The molecule has 28 heavy (non-hydrogen) atoms. The van der Waals surface area contributed by atoms with Gasteiger partial charge in [0, 0.05) is 37.8 Å². The second-order valence-electron chi connectivity index (χ2n) is 6.67. The molecule has 0 spiro atoms. The number of piperazine rings is 1. The predicted octanol–water partition coefficient (Wildman–Crippen LogP) is 2.02. The Hall–Kier alpha value is -2.04. The lowest BCUT2D eigenvalue weighted by molar-refractivity contribution is -0.384. The van der Waals surface area contributed by atoms with Crippen molar-refractivity contribution in [1.82, 2.24) is 9.21 Å². The minimum Gasteiger partial charge on any atom is -0.466 e. The van der Waals surface area contributed by atoms with Gasteiger partial charge in [-0.2, -0.15) is 4.31 Å². The van der Waals surface area contributed by atoms with Crippen molar-refractivity contribution in [1.29, 1.82) is 0 Å². The molecule has 0 aliphatic carbocycles. The molecule has 0 N–H and O–H groups in total. The van der Waals surface area contributed by atoms with E-state index in [2.05, 4.69) is 11.8 Å². The summed E-state index contributed by atoms with van der Waals surface area (Å²) in [6.45, 7) is 5.91. The standard InChI is InChI=1S/C18H27N3O6S/c1-3-5-10-19-11-12-20(14-16(19)13-18(22)27-4-2)28(25,26)17-8-6-15(7-9-17)21(23)24/h6-9,16H,3-5,10-14H2,1-2H3. The molecule has 0 amide bonds. The van der Waals surface area contributed by atoms with Crippen molar-refractivity contribution >= 4 is 21.7 Å². The molecule has 1 unspecified atom stereocenters. The Morgan fingerprint density at radius 3 is 2.50 bits per heavy atom. The number of carbonyl (C=O) groups excluding carboxylic acids is 1. The van der Waals surface area contributed by atoms with E-state index in [0.29, 0.717) is 13.1 Å². The van der Waals surface area contributed by atoms with E-state index >= 15 is 0 Å². The van der Waals surface area contributed by atoms with Crippen LogP contribution in [-0.2, 0) is 19.6 Å². The average molecular weight is 413 g/mol. The molecule has 1 aliphatic rings. The number of nitro benzene ring substituents is 1. The van der Waals surface area contributed by atoms with E-state index in [4.69, 9.17) is 4.74 Å². The van der Waals surface area contributed by atoms with Crippen molar-refractivity contribution in [2.24, 2.45) is 0 Å². The van der Waals surface area contributed by atoms with Gasteiger partial charge in [0.05, 0.1) is 22.8 Å². The van der Waals surface area contributed by atoms with Crippen molar-refractivity contribution in [3.8, 4) is 0 Å². The van der Waals surface area contributed by atoms with Crippen LogP contribution in [-0.4, -0.2) is 67.3 Å². The Balaban J connectivity index is 2.18. The van der Waals surface area contributed by atoms with Gasteiger partial charge in [0.25, 0.3) is 5.69 Å². The molecule has 156 valence electrons. The van der Waals surface area contributed by atoms with Crippen LogP contribution in [0.15, 0.2) is 29.2 Å². The summed E-state index contributed by atoms with van der Waals surface area (Å²) in [5.41, 5.74) is -0.163. The molecule has 2 rings (SSSR count). The predicted molar refractivity (Wildman–Crippen MR) is 103 cm³/mol. The average Bonchev–Trinajstić information content (AvgIpc) is 2.67. The molecule has 10 heteroatoms. The molecule has 1 aliphatic heterocycles. The number of benzene rings is 1. The third kappa shape index (κ3) is 5.49. The number of nitro groups is 1. The van der Waals surface area contributed by atoms with Gasteiger partial charge < -0.3 is 4.74 Å². The van der Waals surface area contributed by atoms with Crippen LogP contribution in [0.1, 0.15) is 33.1 Å². The van der Waals surface area contributed by atoms with Crippen molar-refractivity contribution in [3.63, 3.8) is 0 Å². The van der Waals surface area contributed by atoms with Crippen LogP contribution in [0.5, 0.6) is 0 Å². The first-order valence-corrected chi connectivity index (χ1v) is 10.9. The van der Waals surface area contributed by atoms with Crippen LogP contribution in [0.3, 0.4) is 0 Å². The first-order valence-electron chi connectivity index (χ1n) is 9.43. The first kappa shape index (κ1) is 22.3. The van der Waals surface area contributed by atoms with Crippen LogP contribution < -0.4 is 0 Å². The number of rotatable bonds is 9. The maximum atomic E-state index is 13.0. The molecule has 0 aromatic heterocycles. The zero-order chi connectivity index (χ0) is 20.7. The van der Waals surface area contributed by atoms with Gasteiger partial charge in [-0.25, -0.2) is 8.42 Å². The monoisotopic (exact) mass is 413 g/mol. The summed E-state index contributed by atoms with van der Waals surface area (Å²) in [6, 6.07) is 4.60. The molecule has 1 aromatic carbocycles. The third-order valence-corrected chi connectivity index (χ3v) is 6.64. The van der Waals surface area contributed by atoms with Crippen molar-refractivity contribution < 1.29 is 22.9 Å². The summed E-state index contributed by atoms with van der Waals surface area (Å²) in [5, 5.41) is 10.8. The molecular weight excluding hydrogens is 386 g/mol. The highest BCUT2D eigenvalue weighted by atomic mass is 32.2. The summed E-state index contributed by atoms with van der Waals surface area (Å²) in [7, 11) is -3.80. The van der Waals surface area contributed by atoms with Gasteiger partial charge in [-0.05, 0) is 32.0 Å². The topological polar surface area (TPSA) is 110 Å². The second-order valence-corrected chi connectivity index (χ2v) is 8.60. The fourth-order valence-electron chi connectivity index (χ4n) is 3.23. The van der Waals surface area contributed by atoms with Crippen molar-refractivity contribution in [3.05, 3.63) is 34.4 Å². The number of ether oxygens (including phenoxy) is 1. The zero-order valence-corrected chi connectivity index (χ0v) is 17.1. The molecule has 0 bridgehead atoms. The minimum atomic E-state index is -3.80. The quantitative estimate of drug-likeness (QED) is 0.346. The summed E-state index contributed by atoms with van der Waals surface area (Å²) in [6.07, 6.45) is 2.10. The molecule has 0 radical (unpaired) electrons. The molecule has 1 saturated heterocycles. The normalized spacial score (nSPS) is 18.7. The van der Waals surface area contributed by atoms with Crippen LogP contribution >= 0.6 is 0 Å². The van der Waals surface area contributed by atoms with Gasteiger partial charge in [0.15, 0.2) is 0 Å². The van der Waals surface area contributed by atoms with E-state index in [9.17, 15) is 23.3 Å². The van der Waals surface area contributed by atoms with E-state index in [-0.39, 0.29) is 42.2 Å². The molecule has 0 saturated carbocycles. The van der Waals surface area contributed by atoms with Crippen LogP contribution in [0.4, 0.5) is 5.69 Å². The lowest BCUT2D eigenvalue weighted by Gasteiger charge is -2.40. The Morgan fingerprint density at radius 2 is 1.93 bits per heavy atom. The van der Waals surface area contributed by atoms with E-state index in [0.717, 1.165) is 19.4 Å². The fourth-order valence-corrected chi connectivity index (χ4v) is 4.70. The molecular formula is C18H27N3O6S. The van der Waals surface area contributed by atoms with Crippen molar-refractivity contribution in [2.45, 2.75) is 44.0 Å². The highest BCUT2D eigenvalue weighted by Gasteiger charge is 2.35. The summed E-state index contributed by atoms with van der Waals surface area (Å²) in [5.74, 6) is -0.344. The van der Waals surface area contributed by atoms with Gasteiger partial charge in [0.1, 0.15) is 0 Å². The lowest BCUT2D eigenvalue weighted by atomic mass is 10.1. The SMILES string of the molecule is CCCCN1CCN(S(=O)(=O)c2ccc([N+](=O)[O-])cc2)CC1CC(=O)OCC. The Morgan fingerprint density at radius 1 is 1.25 bits per heavy atom. The number of hydrogen-bond acceptors (Lipinski definition) is 7. The van der Waals surface area contributed by atoms with Gasteiger partial charge in [-0.3, -0.25) is 19.8 Å². The van der Waals surface area contributed by atoms with E-state index in [1.807, 2.05) is 0 Å². The second kappa shape index (κ2) is 9.94.